The van der Waals surface area contributed by atoms with Gasteiger partial charge in [0.25, 0.3) is 11.8 Å². The molecule has 0 unspecified atom stereocenters. The van der Waals surface area contributed by atoms with E-state index in [0.29, 0.717) is 27.0 Å². The highest BCUT2D eigenvalue weighted by Gasteiger charge is 2.15. The topological polar surface area (TPSA) is 70.7 Å². The van der Waals surface area contributed by atoms with E-state index in [4.69, 9.17) is 17.0 Å². The second-order valence-electron chi connectivity index (χ2n) is 7.50. The number of amides is 2. The molecule has 6 nitrogen and oxygen atoms in total. The number of carbonyl (C=O) groups is 2. The van der Waals surface area contributed by atoms with E-state index < -0.39 is 0 Å². The minimum atomic E-state index is -0.361. The molecule has 0 aliphatic heterocycles. The summed E-state index contributed by atoms with van der Waals surface area (Å²) in [4.78, 5) is 27.0. The molecule has 33 heavy (non-hydrogen) atoms. The van der Waals surface area contributed by atoms with Gasteiger partial charge in [-0.05, 0) is 90.5 Å². The van der Waals surface area contributed by atoms with Crippen LogP contribution >= 0.6 is 28.1 Å². The van der Waals surface area contributed by atoms with Gasteiger partial charge in [0, 0.05) is 29.5 Å². The summed E-state index contributed by atoms with van der Waals surface area (Å²) in [6.45, 7) is 3.86. The Morgan fingerprint density at radius 2 is 1.70 bits per heavy atom. The van der Waals surface area contributed by atoms with Crippen LogP contribution in [0.3, 0.4) is 0 Å². The number of benzene rings is 3. The molecule has 2 N–H and O–H groups in total. The zero-order valence-corrected chi connectivity index (χ0v) is 20.9. The van der Waals surface area contributed by atoms with E-state index in [2.05, 4.69) is 26.6 Å². The summed E-state index contributed by atoms with van der Waals surface area (Å²) in [5.74, 6) is 0.137. The third-order valence-electron chi connectivity index (χ3n) is 4.60. The van der Waals surface area contributed by atoms with Crippen LogP contribution in [0.1, 0.15) is 34.6 Å². The Hall–Kier alpha value is -3.23. The Balaban J connectivity index is 1.64. The Bertz CT molecular complexity index is 1170. The van der Waals surface area contributed by atoms with Gasteiger partial charge in [0.1, 0.15) is 5.75 Å². The average Bonchev–Trinajstić information content (AvgIpc) is 2.79. The highest BCUT2D eigenvalue weighted by atomic mass is 79.9. The maximum Gasteiger partial charge on any atom is 0.258 e. The summed E-state index contributed by atoms with van der Waals surface area (Å²) >= 11 is 8.71. The number of carbonyl (C=O) groups excluding carboxylic acids is 2. The van der Waals surface area contributed by atoms with Crippen molar-refractivity contribution in [1.82, 2.24) is 5.32 Å². The predicted molar refractivity (Wildman–Crippen MR) is 139 cm³/mol. The van der Waals surface area contributed by atoms with Gasteiger partial charge >= 0.3 is 0 Å². The third-order valence-corrected chi connectivity index (χ3v) is 5.42. The highest BCUT2D eigenvalue weighted by Crippen LogP contribution is 2.27. The second-order valence-corrected chi connectivity index (χ2v) is 8.76. The van der Waals surface area contributed by atoms with E-state index in [9.17, 15) is 9.59 Å². The van der Waals surface area contributed by atoms with Crippen LogP contribution in [0.5, 0.6) is 5.75 Å². The van der Waals surface area contributed by atoms with Gasteiger partial charge in [-0.15, -0.1) is 0 Å². The lowest BCUT2D eigenvalue weighted by atomic mass is 10.1. The van der Waals surface area contributed by atoms with Crippen LogP contribution in [-0.4, -0.2) is 30.1 Å². The normalized spacial score (nSPS) is 10.5. The van der Waals surface area contributed by atoms with E-state index in [1.165, 1.54) is 0 Å². The predicted octanol–water partition coefficient (Wildman–Crippen LogP) is 5.64. The Labute approximate surface area is 207 Å². The fraction of sp³-hybridized carbons (Fsp3) is 0.160. The molecule has 0 radical (unpaired) electrons. The van der Waals surface area contributed by atoms with Crippen LogP contribution in [0.15, 0.2) is 77.3 Å². The number of nitrogens with zero attached hydrogens (tertiary/aromatic N) is 1. The van der Waals surface area contributed by atoms with Gasteiger partial charge in [0.15, 0.2) is 5.11 Å². The second kappa shape index (κ2) is 11.1. The summed E-state index contributed by atoms with van der Waals surface area (Å²) in [6, 6.07) is 21.4. The van der Waals surface area contributed by atoms with Crippen molar-refractivity contribution in [2.45, 2.75) is 20.0 Å². The molecule has 2 amide bonds. The maximum absolute atomic E-state index is 12.9. The van der Waals surface area contributed by atoms with Gasteiger partial charge in [0.2, 0.25) is 0 Å². The largest absolute Gasteiger partial charge is 0.490 e. The smallest absolute Gasteiger partial charge is 0.258 e. The number of rotatable bonds is 6. The van der Waals surface area contributed by atoms with Crippen molar-refractivity contribution in [2.24, 2.45) is 0 Å². The molecule has 0 saturated carbocycles. The van der Waals surface area contributed by atoms with Crippen LogP contribution in [0.2, 0.25) is 0 Å². The molecule has 0 aliphatic carbocycles. The number of para-hydroxylation sites is 1. The summed E-state index contributed by atoms with van der Waals surface area (Å²) in [5, 5.41) is 5.74. The molecule has 0 bridgehead atoms. The fourth-order valence-electron chi connectivity index (χ4n) is 3.02. The monoisotopic (exact) mass is 525 g/mol. The maximum atomic E-state index is 12.9. The molecule has 0 spiro atoms. The van der Waals surface area contributed by atoms with Crippen LogP contribution < -0.4 is 20.3 Å². The van der Waals surface area contributed by atoms with Crippen LogP contribution in [0, 0.1) is 0 Å². The van der Waals surface area contributed by atoms with Gasteiger partial charge in [-0.1, -0.05) is 24.3 Å². The Kier molecular flexibility index (Phi) is 8.19. The van der Waals surface area contributed by atoms with Gasteiger partial charge in [-0.3, -0.25) is 14.9 Å². The van der Waals surface area contributed by atoms with Gasteiger partial charge in [-0.2, -0.15) is 0 Å². The summed E-state index contributed by atoms with van der Waals surface area (Å²) in [6.07, 6.45) is 0.0212. The Morgan fingerprint density at radius 1 is 0.970 bits per heavy atom. The van der Waals surface area contributed by atoms with Crippen molar-refractivity contribution >= 4 is 56.4 Å². The van der Waals surface area contributed by atoms with Crippen molar-refractivity contribution in [2.75, 3.05) is 17.3 Å². The molecule has 3 aromatic carbocycles. The molecule has 0 atom stereocenters. The van der Waals surface area contributed by atoms with E-state index in [1.807, 2.05) is 44.2 Å². The lowest BCUT2D eigenvalue weighted by Crippen LogP contribution is -2.34. The highest BCUT2D eigenvalue weighted by molar-refractivity contribution is 9.10. The summed E-state index contributed by atoms with van der Waals surface area (Å²) in [5.41, 5.74) is 2.30. The minimum Gasteiger partial charge on any atom is -0.490 e. The summed E-state index contributed by atoms with van der Waals surface area (Å²) in [7, 11) is 1.72. The number of thiocarbonyl (C=S) groups is 1. The summed E-state index contributed by atoms with van der Waals surface area (Å²) < 4.78 is 6.34. The molecule has 0 aliphatic rings. The molecule has 3 aromatic rings. The molecule has 0 heterocycles. The van der Waals surface area contributed by atoms with Crippen molar-refractivity contribution in [3.05, 3.63) is 88.4 Å². The van der Waals surface area contributed by atoms with E-state index in [-0.39, 0.29) is 23.0 Å². The zero-order valence-electron chi connectivity index (χ0n) is 18.5. The molecule has 3 rings (SSSR count). The Morgan fingerprint density at radius 3 is 2.36 bits per heavy atom. The number of anilines is 2. The first-order valence-electron chi connectivity index (χ1n) is 10.3. The van der Waals surface area contributed by atoms with Crippen molar-refractivity contribution in [1.29, 1.82) is 0 Å². The number of hydrogen-bond donors (Lipinski definition) is 2. The standard InChI is InChI=1S/C25H24BrN3O3S/c1-16(2)32-22-13-12-17(15-21(22)26)23(30)28-25(33)27-19-9-7-8-18(14-19)24(31)29(3)20-10-5-4-6-11-20/h4-16H,1-3H3,(H2,27,28,30,33). The van der Waals surface area contributed by atoms with Gasteiger partial charge in [-0.25, -0.2) is 0 Å². The number of ether oxygens (including phenoxy) is 1. The quantitative estimate of drug-likeness (QED) is 0.407. The lowest BCUT2D eigenvalue weighted by Gasteiger charge is -2.18. The number of nitrogens with one attached hydrogen (secondary N) is 2. The minimum absolute atomic E-state index is 0.0212. The number of hydrogen-bond acceptors (Lipinski definition) is 4. The van der Waals surface area contributed by atoms with Gasteiger partial charge in [0.05, 0.1) is 10.6 Å². The van der Waals surface area contributed by atoms with Crippen LogP contribution in [0.4, 0.5) is 11.4 Å². The number of halogens is 1. The van der Waals surface area contributed by atoms with Crippen molar-refractivity contribution in [3.8, 4) is 5.75 Å². The van der Waals surface area contributed by atoms with E-state index >= 15 is 0 Å². The first-order valence-corrected chi connectivity index (χ1v) is 11.5. The average molecular weight is 526 g/mol. The SMILES string of the molecule is CC(C)Oc1ccc(C(=O)NC(=S)Nc2cccc(C(=O)N(C)c3ccccc3)c2)cc1Br. The first kappa shape index (κ1) is 24.4. The fourth-order valence-corrected chi connectivity index (χ4v) is 3.70. The molecule has 8 heteroatoms. The van der Waals surface area contributed by atoms with E-state index in [0.717, 1.165) is 5.69 Å². The van der Waals surface area contributed by atoms with E-state index in [1.54, 1.807) is 54.4 Å². The molecular formula is C25H24BrN3O3S. The van der Waals surface area contributed by atoms with Crippen LogP contribution in [0.25, 0.3) is 0 Å². The zero-order chi connectivity index (χ0) is 24.0. The van der Waals surface area contributed by atoms with Gasteiger partial charge < -0.3 is 15.0 Å². The molecule has 170 valence electrons. The lowest BCUT2D eigenvalue weighted by molar-refractivity contribution is 0.0974. The molecule has 0 saturated heterocycles. The molecule has 0 fully saturated rings. The third kappa shape index (κ3) is 6.63. The van der Waals surface area contributed by atoms with Crippen molar-refractivity contribution in [3.63, 3.8) is 0 Å². The molecule has 0 aromatic heterocycles. The molecular weight excluding hydrogens is 502 g/mol. The van der Waals surface area contributed by atoms with Crippen LogP contribution in [-0.2, 0) is 0 Å². The first-order chi connectivity index (χ1) is 15.7. The van der Waals surface area contributed by atoms with Crippen molar-refractivity contribution < 1.29 is 14.3 Å².